The monoisotopic (exact) mass is 308 g/mol. The number of alkyl halides is 1. The number of rotatable bonds is 5. The zero-order valence-corrected chi connectivity index (χ0v) is 12.4. The molecule has 0 aliphatic carbocycles. The molecule has 2 aromatic rings. The van der Waals surface area contributed by atoms with E-state index in [2.05, 4.69) is 65.3 Å². The minimum absolute atomic E-state index is 0.770. The number of thioether (sulfide) groups is 1. The predicted octanol–water partition coefficient (Wildman–Crippen LogP) is 5.35. The van der Waals surface area contributed by atoms with Gasteiger partial charge in [0, 0.05) is 16.0 Å². The normalized spacial score (nSPS) is 12.8. The molecule has 2 rings (SSSR count). The van der Waals surface area contributed by atoms with E-state index in [9.17, 15) is 0 Å². The van der Waals surface area contributed by atoms with Crippen LogP contribution in [-0.4, -0.2) is 11.1 Å². The molecule has 0 aliphatic heterocycles. The first-order chi connectivity index (χ1) is 8.33. The zero-order valence-electron chi connectivity index (χ0n) is 10.0. The minimum atomic E-state index is 0.770. The Kier molecular flexibility index (Phi) is 4.93. The highest BCUT2D eigenvalue weighted by Crippen LogP contribution is 2.26. The molecule has 2 aromatic carbocycles. The standard InChI is InChI=1S/C15H17BrS/c1-2-12(10-16)11-17-15-8-7-13-5-3-4-6-14(13)9-15/h3-9,12H,2,10-11H2,1H3. The first-order valence-electron chi connectivity index (χ1n) is 6.01. The fourth-order valence-electron chi connectivity index (χ4n) is 1.74. The first kappa shape index (κ1) is 13.0. The van der Waals surface area contributed by atoms with Crippen molar-refractivity contribution in [3.8, 4) is 0 Å². The van der Waals surface area contributed by atoms with E-state index in [1.165, 1.54) is 27.8 Å². The van der Waals surface area contributed by atoms with E-state index in [0.29, 0.717) is 0 Å². The summed E-state index contributed by atoms with van der Waals surface area (Å²) in [7, 11) is 0. The van der Waals surface area contributed by atoms with Crippen LogP contribution < -0.4 is 0 Å². The van der Waals surface area contributed by atoms with Gasteiger partial charge in [0.1, 0.15) is 0 Å². The molecule has 0 saturated carbocycles. The van der Waals surface area contributed by atoms with Crippen molar-refractivity contribution < 1.29 is 0 Å². The molecule has 1 atom stereocenters. The molecule has 0 amide bonds. The van der Waals surface area contributed by atoms with Gasteiger partial charge in [-0.3, -0.25) is 0 Å². The molecule has 0 N–H and O–H groups in total. The second-order valence-corrected chi connectivity index (χ2v) is 5.99. The fourth-order valence-corrected chi connectivity index (χ4v) is 3.89. The number of benzene rings is 2. The lowest BCUT2D eigenvalue weighted by Gasteiger charge is -2.10. The highest BCUT2D eigenvalue weighted by atomic mass is 79.9. The van der Waals surface area contributed by atoms with Crippen LogP contribution in [0, 0.1) is 5.92 Å². The Balaban J connectivity index is 2.09. The highest BCUT2D eigenvalue weighted by Gasteiger charge is 2.05. The molecule has 0 bridgehead atoms. The molecule has 90 valence electrons. The van der Waals surface area contributed by atoms with Crippen molar-refractivity contribution in [2.45, 2.75) is 18.2 Å². The molecule has 0 saturated heterocycles. The maximum Gasteiger partial charge on any atom is 0.00784 e. The van der Waals surface area contributed by atoms with Crippen molar-refractivity contribution in [3.05, 3.63) is 42.5 Å². The SMILES string of the molecule is CCC(CBr)CSc1ccc2ccccc2c1. The summed E-state index contributed by atoms with van der Waals surface area (Å²) in [6.45, 7) is 2.26. The van der Waals surface area contributed by atoms with Crippen LogP contribution in [0.4, 0.5) is 0 Å². The number of fused-ring (bicyclic) bond motifs is 1. The van der Waals surface area contributed by atoms with Crippen LogP contribution in [0.25, 0.3) is 10.8 Å². The Bertz CT molecular complexity index is 477. The third kappa shape index (κ3) is 3.49. The smallest absolute Gasteiger partial charge is 0.00784 e. The van der Waals surface area contributed by atoms with E-state index in [1.54, 1.807) is 0 Å². The van der Waals surface area contributed by atoms with Crippen LogP contribution in [0.5, 0.6) is 0 Å². The summed E-state index contributed by atoms with van der Waals surface area (Å²) in [5, 5.41) is 3.76. The summed E-state index contributed by atoms with van der Waals surface area (Å²) >= 11 is 5.54. The van der Waals surface area contributed by atoms with Crippen LogP contribution >= 0.6 is 27.7 Å². The predicted molar refractivity (Wildman–Crippen MR) is 82.2 cm³/mol. The van der Waals surface area contributed by atoms with Crippen molar-refractivity contribution in [1.82, 2.24) is 0 Å². The molecule has 0 aliphatic rings. The van der Waals surface area contributed by atoms with E-state index in [4.69, 9.17) is 0 Å². The Labute approximate surface area is 116 Å². The summed E-state index contributed by atoms with van der Waals surface area (Å²) < 4.78 is 0. The molecular weight excluding hydrogens is 292 g/mol. The number of halogens is 1. The molecule has 0 radical (unpaired) electrons. The first-order valence-corrected chi connectivity index (χ1v) is 8.11. The van der Waals surface area contributed by atoms with Gasteiger partial charge < -0.3 is 0 Å². The van der Waals surface area contributed by atoms with Gasteiger partial charge in [-0.1, -0.05) is 59.6 Å². The maximum absolute atomic E-state index is 3.58. The number of hydrogen-bond donors (Lipinski definition) is 0. The quantitative estimate of drug-likeness (QED) is 0.530. The molecule has 0 fully saturated rings. The van der Waals surface area contributed by atoms with Gasteiger partial charge in [-0.05, 0) is 28.8 Å². The van der Waals surface area contributed by atoms with E-state index >= 15 is 0 Å². The summed E-state index contributed by atoms with van der Waals surface area (Å²) in [6, 6.07) is 15.3. The molecule has 1 unspecified atom stereocenters. The third-order valence-corrected chi connectivity index (χ3v) is 5.14. The van der Waals surface area contributed by atoms with Crippen LogP contribution in [0.15, 0.2) is 47.4 Å². The lowest BCUT2D eigenvalue weighted by atomic mass is 10.1. The van der Waals surface area contributed by atoms with Gasteiger partial charge in [-0.2, -0.15) is 0 Å². The zero-order chi connectivity index (χ0) is 12.1. The van der Waals surface area contributed by atoms with Crippen molar-refractivity contribution in [2.75, 3.05) is 11.1 Å². The Morgan fingerprint density at radius 3 is 2.59 bits per heavy atom. The van der Waals surface area contributed by atoms with E-state index in [0.717, 1.165) is 11.2 Å². The van der Waals surface area contributed by atoms with Gasteiger partial charge in [-0.15, -0.1) is 11.8 Å². The molecule has 2 heteroatoms. The molecule has 0 nitrogen and oxygen atoms in total. The van der Waals surface area contributed by atoms with Gasteiger partial charge in [0.15, 0.2) is 0 Å². The Morgan fingerprint density at radius 2 is 1.88 bits per heavy atom. The van der Waals surface area contributed by atoms with Gasteiger partial charge in [0.2, 0.25) is 0 Å². The van der Waals surface area contributed by atoms with E-state index in [1.807, 2.05) is 11.8 Å². The topological polar surface area (TPSA) is 0 Å². The second-order valence-electron chi connectivity index (χ2n) is 4.25. The van der Waals surface area contributed by atoms with Crippen molar-refractivity contribution in [1.29, 1.82) is 0 Å². The summed E-state index contributed by atoms with van der Waals surface area (Å²) in [6.07, 6.45) is 1.24. The molecule has 0 spiro atoms. The van der Waals surface area contributed by atoms with Gasteiger partial charge >= 0.3 is 0 Å². The van der Waals surface area contributed by atoms with Crippen LogP contribution in [0.1, 0.15) is 13.3 Å². The van der Waals surface area contributed by atoms with Crippen molar-refractivity contribution in [3.63, 3.8) is 0 Å². The largest absolute Gasteiger partial charge is 0.126 e. The number of hydrogen-bond acceptors (Lipinski definition) is 1. The van der Waals surface area contributed by atoms with Crippen molar-refractivity contribution >= 4 is 38.5 Å². The third-order valence-electron chi connectivity index (χ3n) is 3.00. The highest BCUT2D eigenvalue weighted by molar-refractivity contribution is 9.09. The van der Waals surface area contributed by atoms with Gasteiger partial charge in [0.05, 0.1) is 0 Å². The average molecular weight is 309 g/mol. The molecular formula is C15H17BrS. The summed E-state index contributed by atoms with van der Waals surface area (Å²) in [4.78, 5) is 1.38. The summed E-state index contributed by atoms with van der Waals surface area (Å²) in [5.74, 6) is 1.96. The fraction of sp³-hybridized carbons (Fsp3) is 0.333. The van der Waals surface area contributed by atoms with Crippen LogP contribution in [0.2, 0.25) is 0 Å². The Morgan fingerprint density at radius 1 is 1.12 bits per heavy atom. The second kappa shape index (κ2) is 6.46. The van der Waals surface area contributed by atoms with Gasteiger partial charge in [0.25, 0.3) is 0 Å². The van der Waals surface area contributed by atoms with Crippen molar-refractivity contribution in [2.24, 2.45) is 5.92 Å². The molecule has 0 aromatic heterocycles. The van der Waals surface area contributed by atoms with Gasteiger partial charge in [-0.25, -0.2) is 0 Å². The lowest BCUT2D eigenvalue weighted by molar-refractivity contribution is 0.652. The van der Waals surface area contributed by atoms with E-state index in [-0.39, 0.29) is 0 Å². The van der Waals surface area contributed by atoms with Crippen LogP contribution in [-0.2, 0) is 0 Å². The average Bonchev–Trinajstić information content (AvgIpc) is 2.40. The van der Waals surface area contributed by atoms with E-state index < -0.39 is 0 Å². The minimum Gasteiger partial charge on any atom is -0.126 e. The maximum atomic E-state index is 3.58. The summed E-state index contributed by atoms with van der Waals surface area (Å²) in [5.41, 5.74) is 0. The molecule has 17 heavy (non-hydrogen) atoms. The Hall–Kier alpha value is -0.470. The lowest BCUT2D eigenvalue weighted by Crippen LogP contribution is -2.02. The van der Waals surface area contributed by atoms with Crippen LogP contribution in [0.3, 0.4) is 0 Å². The molecule has 0 heterocycles.